The van der Waals surface area contributed by atoms with Crippen molar-refractivity contribution in [2.75, 3.05) is 0 Å². The van der Waals surface area contributed by atoms with Crippen LogP contribution in [0.2, 0.25) is 0 Å². The standard InChI is InChI=1S/C24H34N2O4S/c1-16(2)23-12-11-22(13-18(23)5)30-19(6)24(27)25-14-20-9-7-8-10-21(20)15-31(28,29)26-17(3)4/h7-13,16-17,19,26H,14-15H2,1-6H3,(H,25,27). The second kappa shape index (κ2) is 10.8. The molecule has 170 valence electrons. The minimum Gasteiger partial charge on any atom is -0.481 e. The Morgan fingerprint density at radius 3 is 2.23 bits per heavy atom. The first-order chi connectivity index (χ1) is 14.5. The van der Waals surface area contributed by atoms with Gasteiger partial charge in [-0.3, -0.25) is 4.79 Å². The van der Waals surface area contributed by atoms with E-state index in [1.54, 1.807) is 32.9 Å². The summed E-state index contributed by atoms with van der Waals surface area (Å²) in [5.41, 5.74) is 3.80. The lowest BCUT2D eigenvalue weighted by Crippen LogP contribution is -2.36. The Balaban J connectivity index is 2.00. The molecule has 0 aliphatic heterocycles. The molecule has 1 amide bonds. The fourth-order valence-electron chi connectivity index (χ4n) is 3.43. The number of sulfonamides is 1. The molecule has 0 heterocycles. The summed E-state index contributed by atoms with van der Waals surface area (Å²) in [6.45, 7) is 11.8. The van der Waals surface area contributed by atoms with Gasteiger partial charge in [0.25, 0.3) is 5.91 Å². The summed E-state index contributed by atoms with van der Waals surface area (Å²) in [7, 11) is -3.45. The van der Waals surface area contributed by atoms with E-state index < -0.39 is 16.1 Å². The van der Waals surface area contributed by atoms with E-state index in [9.17, 15) is 13.2 Å². The van der Waals surface area contributed by atoms with Gasteiger partial charge in [0.15, 0.2) is 6.10 Å². The molecule has 2 aromatic rings. The molecule has 0 spiro atoms. The number of amides is 1. The molecule has 2 aromatic carbocycles. The Morgan fingerprint density at radius 1 is 1.00 bits per heavy atom. The summed E-state index contributed by atoms with van der Waals surface area (Å²) in [5, 5.41) is 2.85. The summed E-state index contributed by atoms with van der Waals surface area (Å²) < 4.78 is 33.0. The van der Waals surface area contributed by atoms with Gasteiger partial charge in [0, 0.05) is 12.6 Å². The van der Waals surface area contributed by atoms with Crippen LogP contribution in [0.3, 0.4) is 0 Å². The largest absolute Gasteiger partial charge is 0.481 e. The quantitative estimate of drug-likeness (QED) is 0.577. The van der Waals surface area contributed by atoms with E-state index in [2.05, 4.69) is 23.9 Å². The third-order valence-corrected chi connectivity index (χ3v) is 6.40. The predicted octanol–water partition coefficient (Wildman–Crippen LogP) is 4.03. The van der Waals surface area contributed by atoms with Crippen LogP contribution in [-0.2, 0) is 27.1 Å². The van der Waals surface area contributed by atoms with Gasteiger partial charge in [-0.05, 0) is 68.0 Å². The van der Waals surface area contributed by atoms with Crippen molar-refractivity contribution in [1.29, 1.82) is 0 Å². The Kier molecular flexibility index (Phi) is 8.65. The Labute approximate surface area is 186 Å². The number of nitrogens with one attached hydrogen (secondary N) is 2. The number of hydrogen-bond acceptors (Lipinski definition) is 4. The van der Waals surface area contributed by atoms with Crippen molar-refractivity contribution in [3.05, 3.63) is 64.7 Å². The van der Waals surface area contributed by atoms with Crippen molar-refractivity contribution in [2.24, 2.45) is 0 Å². The van der Waals surface area contributed by atoms with Crippen molar-refractivity contribution in [2.45, 2.75) is 71.9 Å². The van der Waals surface area contributed by atoms with Crippen LogP contribution >= 0.6 is 0 Å². The molecule has 0 aromatic heterocycles. The molecule has 0 saturated carbocycles. The summed E-state index contributed by atoms with van der Waals surface area (Å²) in [4.78, 5) is 12.6. The number of hydrogen-bond donors (Lipinski definition) is 2. The second-order valence-electron chi connectivity index (χ2n) is 8.45. The van der Waals surface area contributed by atoms with E-state index in [1.165, 1.54) is 5.56 Å². The maximum Gasteiger partial charge on any atom is 0.261 e. The van der Waals surface area contributed by atoms with Crippen LogP contribution in [0.1, 0.15) is 62.8 Å². The average Bonchev–Trinajstić information content (AvgIpc) is 2.65. The van der Waals surface area contributed by atoms with E-state index in [0.717, 1.165) is 11.1 Å². The molecular formula is C24H34N2O4S. The molecule has 0 fully saturated rings. The minimum absolute atomic E-state index is 0.134. The van der Waals surface area contributed by atoms with Gasteiger partial charge in [0.1, 0.15) is 5.75 Å². The first kappa shape index (κ1) is 24.9. The highest BCUT2D eigenvalue weighted by atomic mass is 32.2. The Morgan fingerprint density at radius 2 is 1.65 bits per heavy atom. The van der Waals surface area contributed by atoms with Crippen LogP contribution in [0.25, 0.3) is 0 Å². The zero-order valence-electron chi connectivity index (χ0n) is 19.2. The number of carbonyl (C=O) groups is 1. The van der Waals surface area contributed by atoms with Crippen molar-refractivity contribution in [3.63, 3.8) is 0 Å². The smallest absolute Gasteiger partial charge is 0.261 e. The average molecular weight is 447 g/mol. The van der Waals surface area contributed by atoms with Crippen molar-refractivity contribution in [1.82, 2.24) is 10.0 Å². The molecule has 0 bridgehead atoms. The molecule has 2 rings (SSSR count). The molecule has 2 N–H and O–H groups in total. The molecule has 1 atom stereocenters. The van der Waals surface area contributed by atoms with E-state index >= 15 is 0 Å². The first-order valence-electron chi connectivity index (χ1n) is 10.6. The van der Waals surface area contributed by atoms with Gasteiger partial charge in [-0.2, -0.15) is 0 Å². The molecule has 7 heteroatoms. The molecule has 0 saturated heterocycles. The van der Waals surface area contributed by atoms with Crippen molar-refractivity contribution >= 4 is 15.9 Å². The summed E-state index contributed by atoms with van der Waals surface area (Å²) in [5.74, 6) is 0.679. The van der Waals surface area contributed by atoms with E-state index in [-0.39, 0.29) is 24.2 Å². The van der Waals surface area contributed by atoms with E-state index in [0.29, 0.717) is 17.2 Å². The third-order valence-electron chi connectivity index (χ3n) is 4.88. The van der Waals surface area contributed by atoms with Crippen LogP contribution in [0.4, 0.5) is 0 Å². The summed E-state index contributed by atoms with van der Waals surface area (Å²) in [6, 6.07) is 12.9. The molecule has 1 unspecified atom stereocenters. The number of aryl methyl sites for hydroxylation is 1. The maximum absolute atomic E-state index is 12.6. The lowest BCUT2D eigenvalue weighted by atomic mass is 9.98. The van der Waals surface area contributed by atoms with Crippen LogP contribution in [0.15, 0.2) is 42.5 Å². The number of rotatable bonds is 10. The van der Waals surface area contributed by atoms with Crippen LogP contribution < -0.4 is 14.8 Å². The van der Waals surface area contributed by atoms with Gasteiger partial charge < -0.3 is 10.1 Å². The molecule has 6 nitrogen and oxygen atoms in total. The first-order valence-corrected chi connectivity index (χ1v) is 12.3. The van der Waals surface area contributed by atoms with E-state index in [1.807, 2.05) is 37.3 Å². The van der Waals surface area contributed by atoms with Gasteiger partial charge in [0.2, 0.25) is 10.0 Å². The highest BCUT2D eigenvalue weighted by Crippen LogP contribution is 2.24. The molecule has 0 radical (unpaired) electrons. The summed E-state index contributed by atoms with van der Waals surface area (Å²) >= 11 is 0. The van der Waals surface area contributed by atoms with Crippen molar-refractivity contribution in [3.8, 4) is 5.75 Å². The molecule has 31 heavy (non-hydrogen) atoms. The van der Waals surface area contributed by atoms with Crippen molar-refractivity contribution < 1.29 is 17.9 Å². The van der Waals surface area contributed by atoms with Crippen LogP contribution in [-0.4, -0.2) is 26.5 Å². The normalized spacial score (nSPS) is 12.8. The van der Waals surface area contributed by atoms with Crippen LogP contribution in [0.5, 0.6) is 5.75 Å². The Hall–Kier alpha value is -2.38. The SMILES string of the molecule is Cc1cc(OC(C)C(=O)NCc2ccccc2CS(=O)(=O)NC(C)C)ccc1C(C)C. The highest BCUT2D eigenvalue weighted by Gasteiger charge is 2.18. The topological polar surface area (TPSA) is 84.5 Å². The van der Waals surface area contributed by atoms with Gasteiger partial charge >= 0.3 is 0 Å². The fraction of sp³-hybridized carbons (Fsp3) is 0.458. The zero-order chi connectivity index (χ0) is 23.2. The number of carbonyl (C=O) groups excluding carboxylic acids is 1. The zero-order valence-corrected chi connectivity index (χ0v) is 20.0. The number of ether oxygens (including phenoxy) is 1. The van der Waals surface area contributed by atoms with Gasteiger partial charge in [0.05, 0.1) is 5.75 Å². The second-order valence-corrected chi connectivity index (χ2v) is 10.2. The monoisotopic (exact) mass is 446 g/mol. The fourth-order valence-corrected chi connectivity index (χ4v) is 4.92. The van der Waals surface area contributed by atoms with E-state index in [4.69, 9.17) is 4.74 Å². The van der Waals surface area contributed by atoms with Gasteiger partial charge in [-0.1, -0.05) is 44.2 Å². The molecule has 0 aliphatic rings. The number of benzene rings is 2. The van der Waals surface area contributed by atoms with Gasteiger partial charge in [-0.25, -0.2) is 13.1 Å². The maximum atomic E-state index is 12.6. The van der Waals surface area contributed by atoms with Gasteiger partial charge in [-0.15, -0.1) is 0 Å². The summed E-state index contributed by atoms with van der Waals surface area (Å²) in [6.07, 6.45) is -0.678. The molecular weight excluding hydrogens is 412 g/mol. The highest BCUT2D eigenvalue weighted by molar-refractivity contribution is 7.88. The lowest BCUT2D eigenvalue weighted by molar-refractivity contribution is -0.127. The van der Waals surface area contributed by atoms with Crippen LogP contribution in [0, 0.1) is 6.92 Å². The lowest BCUT2D eigenvalue weighted by Gasteiger charge is -2.18. The molecule has 0 aliphatic carbocycles. The Bertz CT molecular complexity index is 1000. The predicted molar refractivity (Wildman–Crippen MR) is 125 cm³/mol. The third kappa shape index (κ3) is 7.67. The minimum atomic E-state index is -3.45.